The molecule has 0 N–H and O–H groups in total. The third-order valence-corrected chi connectivity index (χ3v) is 4.85. The fourth-order valence-corrected chi connectivity index (χ4v) is 3.43. The van der Waals surface area contributed by atoms with Crippen molar-refractivity contribution in [2.45, 2.75) is 33.2 Å². The zero-order chi connectivity index (χ0) is 19.2. The normalized spacial score (nSPS) is 14.7. The minimum atomic E-state index is -0.362. The van der Waals surface area contributed by atoms with Crippen molar-refractivity contribution >= 4 is 11.3 Å². The topological polar surface area (TPSA) is 55.6 Å². The molecule has 5 nitrogen and oxygen atoms in total. The van der Waals surface area contributed by atoms with Crippen LogP contribution in [0.5, 0.6) is 5.75 Å². The van der Waals surface area contributed by atoms with Gasteiger partial charge in [-0.2, -0.15) is 0 Å². The average molecular weight is 366 g/mol. The van der Waals surface area contributed by atoms with E-state index < -0.39 is 0 Å². The quantitative estimate of drug-likeness (QED) is 0.512. The third-order valence-electron chi connectivity index (χ3n) is 4.85. The zero-order valence-electron chi connectivity index (χ0n) is 16.0. The molecule has 0 spiro atoms. The lowest BCUT2D eigenvalue weighted by Gasteiger charge is -2.27. The summed E-state index contributed by atoms with van der Waals surface area (Å²) in [5.41, 5.74) is 4.59. The lowest BCUT2D eigenvalue weighted by molar-refractivity contribution is -0.385. The van der Waals surface area contributed by atoms with Gasteiger partial charge in [0.15, 0.2) is 5.75 Å². The van der Waals surface area contributed by atoms with Crippen LogP contribution >= 0.6 is 0 Å². The van der Waals surface area contributed by atoms with E-state index in [1.165, 1.54) is 11.1 Å². The standard InChI is InChI=1S/C22H26N2O3/c1-3-13-27-22-15-20(17(2)14-21(22)24(25)26)19-9-11-23(12-10-19)16-18-7-5-4-6-8-18/h4-9,14-15H,3,10-13,16H2,1-2H3. The van der Waals surface area contributed by atoms with Gasteiger partial charge >= 0.3 is 5.69 Å². The molecule has 3 rings (SSSR count). The van der Waals surface area contributed by atoms with E-state index in [0.717, 1.165) is 43.6 Å². The second-order valence-electron chi connectivity index (χ2n) is 6.94. The van der Waals surface area contributed by atoms with E-state index in [-0.39, 0.29) is 10.6 Å². The van der Waals surface area contributed by atoms with Crippen LogP contribution in [0, 0.1) is 17.0 Å². The second kappa shape index (κ2) is 8.82. The molecule has 0 atom stereocenters. The molecule has 1 aliphatic rings. The average Bonchev–Trinajstić information content (AvgIpc) is 2.68. The summed E-state index contributed by atoms with van der Waals surface area (Å²) in [6.07, 6.45) is 3.99. The molecule has 2 aromatic carbocycles. The Labute approximate surface area is 160 Å². The fourth-order valence-electron chi connectivity index (χ4n) is 3.43. The molecule has 0 aromatic heterocycles. The number of benzene rings is 2. The smallest absolute Gasteiger partial charge is 0.311 e. The number of hydrogen-bond acceptors (Lipinski definition) is 4. The molecular weight excluding hydrogens is 340 g/mol. The Morgan fingerprint density at radius 3 is 2.63 bits per heavy atom. The monoisotopic (exact) mass is 366 g/mol. The van der Waals surface area contributed by atoms with Crippen molar-refractivity contribution < 1.29 is 9.66 Å². The van der Waals surface area contributed by atoms with E-state index >= 15 is 0 Å². The summed E-state index contributed by atoms with van der Waals surface area (Å²) in [5, 5.41) is 11.3. The van der Waals surface area contributed by atoms with E-state index in [0.29, 0.717) is 12.4 Å². The molecule has 0 amide bonds. The highest BCUT2D eigenvalue weighted by molar-refractivity contribution is 5.72. The van der Waals surface area contributed by atoms with Crippen molar-refractivity contribution in [1.29, 1.82) is 0 Å². The van der Waals surface area contributed by atoms with Gasteiger partial charge in [0.2, 0.25) is 0 Å². The van der Waals surface area contributed by atoms with E-state index in [9.17, 15) is 10.1 Å². The summed E-state index contributed by atoms with van der Waals surface area (Å²) in [7, 11) is 0. The van der Waals surface area contributed by atoms with Crippen molar-refractivity contribution in [2.24, 2.45) is 0 Å². The molecule has 1 aliphatic heterocycles. The molecule has 5 heteroatoms. The van der Waals surface area contributed by atoms with Crippen molar-refractivity contribution in [2.75, 3.05) is 19.7 Å². The van der Waals surface area contributed by atoms with E-state index in [1.807, 2.05) is 26.0 Å². The molecular formula is C22H26N2O3. The van der Waals surface area contributed by atoms with Crippen LogP contribution in [0.1, 0.15) is 36.5 Å². The summed E-state index contributed by atoms with van der Waals surface area (Å²) in [5.74, 6) is 0.370. The largest absolute Gasteiger partial charge is 0.487 e. The van der Waals surface area contributed by atoms with Gasteiger partial charge in [-0.05, 0) is 48.1 Å². The van der Waals surface area contributed by atoms with Gasteiger partial charge in [0.1, 0.15) is 0 Å². The third kappa shape index (κ3) is 4.74. The van der Waals surface area contributed by atoms with Crippen molar-refractivity contribution in [3.63, 3.8) is 0 Å². The maximum Gasteiger partial charge on any atom is 0.311 e. The summed E-state index contributed by atoms with van der Waals surface area (Å²) >= 11 is 0. The van der Waals surface area contributed by atoms with Crippen LogP contribution in [0.2, 0.25) is 0 Å². The first kappa shape index (κ1) is 19.1. The second-order valence-corrected chi connectivity index (χ2v) is 6.94. The molecule has 142 valence electrons. The number of hydrogen-bond donors (Lipinski definition) is 0. The molecule has 0 saturated heterocycles. The van der Waals surface area contributed by atoms with Gasteiger partial charge in [-0.25, -0.2) is 0 Å². The van der Waals surface area contributed by atoms with E-state index in [1.54, 1.807) is 6.07 Å². The lowest BCUT2D eigenvalue weighted by Crippen LogP contribution is -2.28. The van der Waals surface area contributed by atoms with Gasteiger partial charge < -0.3 is 4.74 Å². The summed E-state index contributed by atoms with van der Waals surface area (Å²) in [4.78, 5) is 13.4. The van der Waals surface area contributed by atoms with Crippen LogP contribution in [0.15, 0.2) is 48.5 Å². The van der Waals surface area contributed by atoms with Crippen molar-refractivity contribution in [3.05, 3.63) is 75.3 Å². The predicted octanol–water partition coefficient (Wildman–Crippen LogP) is 4.98. The highest BCUT2D eigenvalue weighted by Crippen LogP contribution is 2.35. The Bertz CT molecular complexity index is 831. The van der Waals surface area contributed by atoms with Crippen LogP contribution in [0.25, 0.3) is 5.57 Å². The van der Waals surface area contributed by atoms with E-state index in [2.05, 4.69) is 35.2 Å². The lowest BCUT2D eigenvalue weighted by atomic mass is 9.94. The van der Waals surface area contributed by atoms with Crippen LogP contribution in [0.4, 0.5) is 5.69 Å². The van der Waals surface area contributed by atoms with Gasteiger partial charge in [-0.1, -0.05) is 43.3 Å². The molecule has 27 heavy (non-hydrogen) atoms. The zero-order valence-corrected chi connectivity index (χ0v) is 16.0. The number of nitro benzene ring substituents is 1. The highest BCUT2D eigenvalue weighted by Gasteiger charge is 2.21. The van der Waals surface area contributed by atoms with Crippen LogP contribution in [-0.4, -0.2) is 29.5 Å². The number of aryl methyl sites for hydroxylation is 1. The van der Waals surface area contributed by atoms with Gasteiger partial charge in [-0.3, -0.25) is 15.0 Å². The summed E-state index contributed by atoms with van der Waals surface area (Å²) in [6, 6.07) is 14.0. The Morgan fingerprint density at radius 1 is 1.22 bits per heavy atom. The number of ether oxygens (including phenoxy) is 1. The Kier molecular flexibility index (Phi) is 6.24. The Balaban J connectivity index is 1.78. The van der Waals surface area contributed by atoms with E-state index in [4.69, 9.17) is 4.74 Å². The summed E-state index contributed by atoms with van der Waals surface area (Å²) in [6.45, 7) is 7.20. The molecule has 0 saturated carbocycles. The van der Waals surface area contributed by atoms with Gasteiger partial charge in [-0.15, -0.1) is 0 Å². The molecule has 0 fully saturated rings. The molecule has 0 bridgehead atoms. The fraction of sp³-hybridized carbons (Fsp3) is 0.364. The Hall–Kier alpha value is -2.66. The maximum atomic E-state index is 11.3. The minimum absolute atomic E-state index is 0.0480. The predicted molar refractivity (Wildman–Crippen MR) is 108 cm³/mol. The molecule has 2 aromatic rings. The molecule has 1 heterocycles. The van der Waals surface area contributed by atoms with Gasteiger partial charge in [0.25, 0.3) is 0 Å². The first-order valence-electron chi connectivity index (χ1n) is 9.46. The first-order valence-corrected chi connectivity index (χ1v) is 9.46. The first-order chi connectivity index (χ1) is 13.1. The van der Waals surface area contributed by atoms with Crippen molar-refractivity contribution in [3.8, 4) is 5.75 Å². The number of nitro groups is 1. The van der Waals surface area contributed by atoms with Crippen LogP contribution < -0.4 is 4.74 Å². The SMILES string of the molecule is CCCOc1cc(C2=CCN(Cc3ccccc3)CC2)c(C)cc1[N+](=O)[O-]. The highest BCUT2D eigenvalue weighted by atomic mass is 16.6. The van der Waals surface area contributed by atoms with Crippen LogP contribution in [0.3, 0.4) is 0 Å². The molecule has 0 radical (unpaired) electrons. The number of rotatable bonds is 7. The minimum Gasteiger partial charge on any atom is -0.487 e. The van der Waals surface area contributed by atoms with Crippen molar-refractivity contribution in [1.82, 2.24) is 4.90 Å². The maximum absolute atomic E-state index is 11.3. The van der Waals surface area contributed by atoms with Crippen LogP contribution in [-0.2, 0) is 6.54 Å². The number of nitrogens with zero attached hydrogens (tertiary/aromatic N) is 2. The summed E-state index contributed by atoms with van der Waals surface area (Å²) < 4.78 is 5.65. The Morgan fingerprint density at radius 2 is 2.00 bits per heavy atom. The van der Waals surface area contributed by atoms with Gasteiger partial charge in [0.05, 0.1) is 11.5 Å². The molecule has 0 unspecified atom stereocenters. The molecule has 0 aliphatic carbocycles. The van der Waals surface area contributed by atoms with Gasteiger partial charge in [0, 0.05) is 25.7 Å².